The topological polar surface area (TPSA) is 77.6 Å². The molecule has 21 heavy (non-hydrogen) atoms. The van der Waals surface area contributed by atoms with Crippen LogP contribution in [-0.2, 0) is 24.4 Å². The second kappa shape index (κ2) is 7.56. The van der Waals surface area contributed by atoms with Crippen molar-refractivity contribution in [2.45, 2.75) is 46.3 Å². The van der Waals surface area contributed by atoms with Gasteiger partial charge in [0.1, 0.15) is 12.7 Å². The molecule has 2 rings (SSSR count). The second-order valence-electron chi connectivity index (χ2n) is 5.47. The zero-order chi connectivity index (χ0) is 15.1. The van der Waals surface area contributed by atoms with Crippen LogP contribution in [-0.4, -0.2) is 30.2 Å². The standard InChI is InChI=1S/C14H22N6O/c1-12(2)8-19-10-15-6-13(19)7-17-14(21)4-3-5-20-11-16-9-18-20/h6,9-12H,3-5,7-8H2,1-2H3,(H,17,21). The highest BCUT2D eigenvalue weighted by Gasteiger charge is 2.06. The first-order valence-electron chi connectivity index (χ1n) is 7.23. The summed E-state index contributed by atoms with van der Waals surface area (Å²) < 4.78 is 3.81. The lowest BCUT2D eigenvalue weighted by atomic mass is 10.2. The summed E-state index contributed by atoms with van der Waals surface area (Å²) in [5.41, 5.74) is 1.04. The molecule has 0 aliphatic carbocycles. The molecular formula is C14H22N6O. The molecule has 2 heterocycles. The molecular weight excluding hydrogens is 268 g/mol. The summed E-state index contributed by atoms with van der Waals surface area (Å²) in [6.07, 6.45) is 8.00. The third-order valence-corrected chi connectivity index (χ3v) is 3.08. The summed E-state index contributed by atoms with van der Waals surface area (Å²) in [5.74, 6) is 0.601. The van der Waals surface area contributed by atoms with Crippen LogP contribution in [0.2, 0.25) is 0 Å². The molecule has 2 aromatic heterocycles. The van der Waals surface area contributed by atoms with E-state index in [4.69, 9.17) is 0 Å². The van der Waals surface area contributed by atoms with E-state index in [1.165, 1.54) is 6.33 Å². The van der Waals surface area contributed by atoms with Crippen LogP contribution in [0.3, 0.4) is 0 Å². The Hall–Kier alpha value is -2.18. The molecule has 0 saturated carbocycles. The average Bonchev–Trinajstić information content (AvgIpc) is 3.07. The number of aryl methyl sites for hydroxylation is 1. The number of carbonyl (C=O) groups excluding carboxylic acids is 1. The highest BCUT2D eigenvalue weighted by Crippen LogP contribution is 2.04. The summed E-state index contributed by atoms with van der Waals surface area (Å²) >= 11 is 0. The number of hydrogen-bond donors (Lipinski definition) is 1. The molecule has 0 unspecified atom stereocenters. The molecule has 7 nitrogen and oxygen atoms in total. The molecule has 1 amide bonds. The van der Waals surface area contributed by atoms with Gasteiger partial charge in [-0.2, -0.15) is 5.10 Å². The number of imidazole rings is 1. The van der Waals surface area contributed by atoms with Crippen LogP contribution in [0, 0.1) is 5.92 Å². The van der Waals surface area contributed by atoms with Gasteiger partial charge in [0.05, 0.1) is 18.6 Å². The molecule has 0 radical (unpaired) electrons. The third kappa shape index (κ3) is 5.02. The smallest absolute Gasteiger partial charge is 0.220 e. The van der Waals surface area contributed by atoms with Crippen molar-refractivity contribution in [3.8, 4) is 0 Å². The summed E-state index contributed by atoms with van der Waals surface area (Å²) in [5, 5.41) is 6.93. The van der Waals surface area contributed by atoms with Gasteiger partial charge in [-0.15, -0.1) is 0 Å². The fourth-order valence-electron chi connectivity index (χ4n) is 2.08. The molecule has 7 heteroatoms. The Morgan fingerprint density at radius 1 is 1.33 bits per heavy atom. The summed E-state index contributed by atoms with van der Waals surface area (Å²) in [7, 11) is 0. The molecule has 0 spiro atoms. The predicted octanol–water partition coefficient (Wildman–Crippen LogP) is 1.23. The van der Waals surface area contributed by atoms with Crippen molar-refractivity contribution < 1.29 is 4.79 Å². The van der Waals surface area contributed by atoms with E-state index < -0.39 is 0 Å². The van der Waals surface area contributed by atoms with Crippen molar-refractivity contribution >= 4 is 5.91 Å². The van der Waals surface area contributed by atoms with Crippen molar-refractivity contribution in [3.63, 3.8) is 0 Å². The fraction of sp³-hybridized carbons (Fsp3) is 0.571. The van der Waals surface area contributed by atoms with Crippen LogP contribution < -0.4 is 5.32 Å². The first-order chi connectivity index (χ1) is 10.1. The van der Waals surface area contributed by atoms with Crippen LogP contribution in [0.1, 0.15) is 32.4 Å². The van der Waals surface area contributed by atoms with Crippen LogP contribution in [0.5, 0.6) is 0 Å². The maximum Gasteiger partial charge on any atom is 0.220 e. The Morgan fingerprint density at radius 3 is 2.90 bits per heavy atom. The second-order valence-corrected chi connectivity index (χ2v) is 5.47. The first kappa shape index (κ1) is 15.2. The van der Waals surface area contributed by atoms with Gasteiger partial charge in [0.25, 0.3) is 0 Å². The van der Waals surface area contributed by atoms with Crippen molar-refractivity contribution in [2.75, 3.05) is 0 Å². The first-order valence-corrected chi connectivity index (χ1v) is 7.23. The molecule has 0 bridgehead atoms. The molecule has 0 fully saturated rings. The van der Waals surface area contributed by atoms with Crippen molar-refractivity contribution in [3.05, 3.63) is 30.9 Å². The van der Waals surface area contributed by atoms with Gasteiger partial charge in [0.15, 0.2) is 0 Å². The van der Waals surface area contributed by atoms with Crippen molar-refractivity contribution in [1.82, 2.24) is 29.6 Å². The molecule has 2 aromatic rings. The lowest BCUT2D eigenvalue weighted by molar-refractivity contribution is -0.121. The Bertz CT molecular complexity index is 546. The number of carbonyl (C=O) groups is 1. The normalized spacial score (nSPS) is 11.0. The molecule has 1 N–H and O–H groups in total. The number of aromatic nitrogens is 5. The van der Waals surface area contributed by atoms with E-state index in [9.17, 15) is 4.79 Å². The minimum Gasteiger partial charge on any atom is -0.350 e. The number of hydrogen-bond acceptors (Lipinski definition) is 4. The Balaban J connectivity index is 1.70. The molecule has 0 atom stereocenters. The van der Waals surface area contributed by atoms with Gasteiger partial charge in [0.2, 0.25) is 5.91 Å². The molecule has 0 aliphatic rings. The summed E-state index contributed by atoms with van der Waals surface area (Å²) in [4.78, 5) is 19.8. The average molecular weight is 290 g/mol. The highest BCUT2D eigenvalue weighted by molar-refractivity contribution is 5.75. The molecule has 114 valence electrons. The van der Waals surface area contributed by atoms with Crippen LogP contribution in [0.4, 0.5) is 0 Å². The van der Waals surface area contributed by atoms with E-state index in [-0.39, 0.29) is 5.91 Å². The maximum atomic E-state index is 11.8. The van der Waals surface area contributed by atoms with Crippen LogP contribution in [0.15, 0.2) is 25.2 Å². The van der Waals surface area contributed by atoms with E-state index in [1.807, 2.05) is 6.33 Å². The van der Waals surface area contributed by atoms with E-state index in [0.717, 1.165) is 18.7 Å². The van der Waals surface area contributed by atoms with E-state index in [2.05, 4.69) is 38.8 Å². The van der Waals surface area contributed by atoms with Gasteiger partial charge >= 0.3 is 0 Å². The van der Waals surface area contributed by atoms with E-state index >= 15 is 0 Å². The molecule has 0 saturated heterocycles. The SMILES string of the molecule is CC(C)Cn1cncc1CNC(=O)CCCn1cncn1. The number of nitrogens with zero attached hydrogens (tertiary/aromatic N) is 5. The quantitative estimate of drug-likeness (QED) is 0.793. The Labute approximate surface area is 124 Å². The lowest BCUT2D eigenvalue weighted by Gasteiger charge is -2.11. The summed E-state index contributed by atoms with van der Waals surface area (Å²) in [6.45, 7) is 6.46. The van der Waals surface area contributed by atoms with Gasteiger partial charge in [-0.1, -0.05) is 13.8 Å². The molecule has 0 aromatic carbocycles. The van der Waals surface area contributed by atoms with Crippen LogP contribution >= 0.6 is 0 Å². The fourth-order valence-corrected chi connectivity index (χ4v) is 2.08. The van der Waals surface area contributed by atoms with E-state index in [0.29, 0.717) is 25.4 Å². The van der Waals surface area contributed by atoms with Gasteiger partial charge in [-0.25, -0.2) is 9.97 Å². The monoisotopic (exact) mass is 290 g/mol. The number of rotatable bonds is 8. The van der Waals surface area contributed by atoms with Gasteiger partial charge in [-0.3, -0.25) is 9.48 Å². The van der Waals surface area contributed by atoms with Gasteiger partial charge < -0.3 is 9.88 Å². The van der Waals surface area contributed by atoms with E-state index in [1.54, 1.807) is 17.2 Å². The molecule has 0 aliphatic heterocycles. The minimum absolute atomic E-state index is 0.0485. The van der Waals surface area contributed by atoms with Crippen LogP contribution in [0.25, 0.3) is 0 Å². The van der Waals surface area contributed by atoms with Gasteiger partial charge in [0, 0.05) is 25.7 Å². The highest BCUT2D eigenvalue weighted by atomic mass is 16.1. The van der Waals surface area contributed by atoms with Crippen molar-refractivity contribution in [1.29, 1.82) is 0 Å². The van der Waals surface area contributed by atoms with Gasteiger partial charge in [-0.05, 0) is 12.3 Å². The predicted molar refractivity (Wildman–Crippen MR) is 78.2 cm³/mol. The zero-order valence-electron chi connectivity index (χ0n) is 12.6. The largest absolute Gasteiger partial charge is 0.350 e. The lowest BCUT2D eigenvalue weighted by Crippen LogP contribution is -2.24. The zero-order valence-corrected chi connectivity index (χ0v) is 12.6. The maximum absolute atomic E-state index is 11.8. The summed E-state index contributed by atoms with van der Waals surface area (Å²) in [6, 6.07) is 0. The number of amides is 1. The van der Waals surface area contributed by atoms with Crippen molar-refractivity contribution in [2.24, 2.45) is 5.92 Å². The Morgan fingerprint density at radius 2 is 2.19 bits per heavy atom. The third-order valence-electron chi connectivity index (χ3n) is 3.08. The Kier molecular flexibility index (Phi) is 5.48. The minimum atomic E-state index is 0.0485. The number of nitrogens with one attached hydrogen (secondary N) is 1.